The van der Waals surface area contributed by atoms with E-state index < -0.39 is 0 Å². The molecule has 0 saturated heterocycles. The second kappa shape index (κ2) is 4.75. The summed E-state index contributed by atoms with van der Waals surface area (Å²) in [5.41, 5.74) is 2.21. The molecule has 0 heterocycles. The van der Waals surface area contributed by atoms with E-state index >= 15 is 0 Å². The lowest BCUT2D eigenvalue weighted by Gasteiger charge is -2.33. The molecule has 0 atom stereocenters. The van der Waals surface area contributed by atoms with Crippen molar-refractivity contribution in [1.82, 2.24) is 5.32 Å². The third-order valence-electron chi connectivity index (χ3n) is 3.39. The SMILES string of the molecule is CCC(CC)(NC)c1ccc(F)cc1C. The Morgan fingerprint density at radius 1 is 1.27 bits per heavy atom. The third-order valence-corrected chi connectivity index (χ3v) is 3.39. The molecule has 0 bridgehead atoms. The minimum absolute atomic E-state index is 0.0161. The second-order valence-electron chi connectivity index (χ2n) is 4.00. The number of hydrogen-bond acceptors (Lipinski definition) is 1. The minimum Gasteiger partial charge on any atom is -0.310 e. The minimum atomic E-state index is -0.159. The average molecular weight is 209 g/mol. The van der Waals surface area contributed by atoms with E-state index in [1.807, 2.05) is 20.0 Å². The maximum absolute atomic E-state index is 13.0. The van der Waals surface area contributed by atoms with Gasteiger partial charge in [-0.05, 0) is 50.1 Å². The van der Waals surface area contributed by atoms with Gasteiger partial charge < -0.3 is 5.32 Å². The van der Waals surface area contributed by atoms with Crippen molar-refractivity contribution in [3.8, 4) is 0 Å². The van der Waals surface area contributed by atoms with Crippen molar-refractivity contribution in [1.29, 1.82) is 0 Å². The molecule has 0 aromatic heterocycles. The zero-order valence-corrected chi connectivity index (χ0v) is 10.0. The lowest BCUT2D eigenvalue weighted by Crippen LogP contribution is -2.39. The Bertz CT molecular complexity index is 321. The summed E-state index contributed by atoms with van der Waals surface area (Å²) < 4.78 is 13.0. The van der Waals surface area contributed by atoms with Crippen LogP contribution in [0.5, 0.6) is 0 Å². The topological polar surface area (TPSA) is 12.0 Å². The van der Waals surface area contributed by atoms with Crippen LogP contribution in [0.4, 0.5) is 4.39 Å². The molecule has 2 heteroatoms. The monoisotopic (exact) mass is 209 g/mol. The molecule has 15 heavy (non-hydrogen) atoms. The molecule has 1 aromatic rings. The third kappa shape index (κ3) is 2.20. The van der Waals surface area contributed by atoms with Gasteiger partial charge in [0.05, 0.1) is 0 Å². The van der Waals surface area contributed by atoms with E-state index in [1.54, 1.807) is 12.1 Å². The number of nitrogens with one attached hydrogen (secondary N) is 1. The number of benzene rings is 1. The van der Waals surface area contributed by atoms with Crippen LogP contribution in [0.2, 0.25) is 0 Å². The fourth-order valence-electron chi connectivity index (χ4n) is 2.28. The van der Waals surface area contributed by atoms with Crippen LogP contribution in [0.1, 0.15) is 37.8 Å². The molecule has 84 valence electrons. The highest BCUT2D eigenvalue weighted by Crippen LogP contribution is 2.30. The van der Waals surface area contributed by atoms with Crippen molar-refractivity contribution in [2.24, 2.45) is 0 Å². The lowest BCUT2D eigenvalue weighted by atomic mass is 9.82. The molecular weight excluding hydrogens is 189 g/mol. The van der Waals surface area contributed by atoms with Gasteiger partial charge in [-0.2, -0.15) is 0 Å². The predicted molar refractivity (Wildman–Crippen MR) is 62.5 cm³/mol. The van der Waals surface area contributed by atoms with Gasteiger partial charge in [0.2, 0.25) is 0 Å². The van der Waals surface area contributed by atoms with Crippen molar-refractivity contribution in [3.05, 3.63) is 35.1 Å². The highest BCUT2D eigenvalue weighted by molar-refractivity contribution is 5.33. The molecule has 1 nitrogen and oxygen atoms in total. The number of rotatable bonds is 4. The van der Waals surface area contributed by atoms with E-state index in [4.69, 9.17) is 0 Å². The molecule has 0 aliphatic heterocycles. The molecule has 0 aliphatic carbocycles. The zero-order valence-electron chi connectivity index (χ0n) is 10.0. The Balaban J connectivity index is 3.22. The smallest absolute Gasteiger partial charge is 0.123 e. The van der Waals surface area contributed by atoms with Gasteiger partial charge in [-0.25, -0.2) is 4.39 Å². The second-order valence-corrected chi connectivity index (χ2v) is 4.00. The first kappa shape index (κ1) is 12.2. The van der Waals surface area contributed by atoms with Crippen LogP contribution in [0.25, 0.3) is 0 Å². The fraction of sp³-hybridized carbons (Fsp3) is 0.538. The van der Waals surface area contributed by atoms with Gasteiger partial charge in [-0.1, -0.05) is 19.9 Å². The van der Waals surface area contributed by atoms with E-state index in [2.05, 4.69) is 19.2 Å². The van der Waals surface area contributed by atoms with Crippen LogP contribution in [-0.4, -0.2) is 7.05 Å². The quantitative estimate of drug-likeness (QED) is 0.801. The summed E-state index contributed by atoms with van der Waals surface area (Å²) in [6.07, 6.45) is 2.01. The number of halogens is 1. The van der Waals surface area contributed by atoms with Crippen molar-refractivity contribution in [3.63, 3.8) is 0 Å². The zero-order chi connectivity index (χ0) is 11.5. The predicted octanol–water partition coefficient (Wildman–Crippen LogP) is 3.37. The van der Waals surface area contributed by atoms with E-state index in [9.17, 15) is 4.39 Å². The highest BCUT2D eigenvalue weighted by atomic mass is 19.1. The maximum Gasteiger partial charge on any atom is 0.123 e. The van der Waals surface area contributed by atoms with E-state index in [0.717, 1.165) is 18.4 Å². The van der Waals surface area contributed by atoms with Crippen molar-refractivity contribution in [2.75, 3.05) is 7.05 Å². The van der Waals surface area contributed by atoms with Gasteiger partial charge >= 0.3 is 0 Å². The van der Waals surface area contributed by atoms with Crippen LogP contribution >= 0.6 is 0 Å². The largest absolute Gasteiger partial charge is 0.310 e. The summed E-state index contributed by atoms with van der Waals surface area (Å²) in [5.74, 6) is -0.159. The normalized spacial score (nSPS) is 11.8. The first-order valence-electron chi connectivity index (χ1n) is 5.55. The van der Waals surface area contributed by atoms with E-state index in [1.165, 1.54) is 5.56 Å². The summed E-state index contributed by atoms with van der Waals surface area (Å²) in [7, 11) is 1.97. The molecule has 1 N–H and O–H groups in total. The Morgan fingerprint density at radius 3 is 2.27 bits per heavy atom. The Labute approximate surface area is 91.7 Å². The van der Waals surface area contributed by atoms with Crippen molar-refractivity contribution in [2.45, 2.75) is 39.2 Å². The van der Waals surface area contributed by atoms with Gasteiger partial charge in [-0.3, -0.25) is 0 Å². The molecule has 0 aliphatic rings. The highest BCUT2D eigenvalue weighted by Gasteiger charge is 2.27. The van der Waals surface area contributed by atoms with Crippen LogP contribution < -0.4 is 5.32 Å². The molecule has 0 fully saturated rings. The Kier molecular flexibility index (Phi) is 3.86. The summed E-state index contributed by atoms with van der Waals surface area (Å²) in [6, 6.07) is 5.04. The molecular formula is C13H20FN. The average Bonchev–Trinajstić information content (AvgIpc) is 2.23. The number of aryl methyl sites for hydroxylation is 1. The number of hydrogen-bond donors (Lipinski definition) is 1. The summed E-state index contributed by atoms with van der Waals surface area (Å²) in [5, 5.41) is 3.37. The van der Waals surface area contributed by atoms with Gasteiger partial charge in [0.15, 0.2) is 0 Å². The van der Waals surface area contributed by atoms with Gasteiger partial charge in [0.1, 0.15) is 5.82 Å². The summed E-state index contributed by atoms with van der Waals surface area (Å²) in [6.45, 7) is 6.28. The summed E-state index contributed by atoms with van der Waals surface area (Å²) in [4.78, 5) is 0. The standard InChI is InChI=1S/C13H20FN/c1-5-13(6-2,15-4)12-8-7-11(14)9-10(12)3/h7-9,15H,5-6H2,1-4H3. The van der Waals surface area contributed by atoms with E-state index in [-0.39, 0.29) is 11.4 Å². The van der Waals surface area contributed by atoms with E-state index in [0.29, 0.717) is 0 Å². The van der Waals surface area contributed by atoms with Gasteiger partial charge in [-0.15, -0.1) is 0 Å². The maximum atomic E-state index is 13.0. The molecule has 0 saturated carbocycles. The first-order chi connectivity index (χ1) is 7.09. The van der Waals surface area contributed by atoms with Crippen molar-refractivity contribution < 1.29 is 4.39 Å². The molecule has 0 spiro atoms. The molecule has 0 amide bonds. The van der Waals surface area contributed by atoms with Crippen LogP contribution in [-0.2, 0) is 5.54 Å². The van der Waals surface area contributed by atoms with Gasteiger partial charge in [0.25, 0.3) is 0 Å². The first-order valence-corrected chi connectivity index (χ1v) is 5.55. The summed E-state index contributed by atoms with van der Waals surface area (Å²) >= 11 is 0. The Hall–Kier alpha value is -0.890. The molecule has 0 unspecified atom stereocenters. The van der Waals surface area contributed by atoms with Crippen LogP contribution in [0, 0.1) is 12.7 Å². The molecule has 1 aromatic carbocycles. The van der Waals surface area contributed by atoms with Crippen LogP contribution in [0.3, 0.4) is 0 Å². The van der Waals surface area contributed by atoms with Crippen molar-refractivity contribution >= 4 is 0 Å². The Morgan fingerprint density at radius 2 is 1.87 bits per heavy atom. The fourth-order valence-corrected chi connectivity index (χ4v) is 2.28. The molecule has 0 radical (unpaired) electrons. The van der Waals surface area contributed by atoms with Gasteiger partial charge in [0, 0.05) is 5.54 Å². The molecule has 1 rings (SSSR count). The van der Waals surface area contributed by atoms with Crippen LogP contribution in [0.15, 0.2) is 18.2 Å². The lowest BCUT2D eigenvalue weighted by molar-refractivity contribution is 0.332.